The molecular formula is C22H25FN2O5S. The highest BCUT2D eigenvalue weighted by molar-refractivity contribution is 7.89. The number of methoxy groups -OCH3 is 1. The van der Waals surface area contributed by atoms with Gasteiger partial charge in [-0.05, 0) is 55.2 Å². The summed E-state index contributed by atoms with van der Waals surface area (Å²) < 4.78 is 44.8. The zero-order chi connectivity index (χ0) is 22.4. The average molecular weight is 449 g/mol. The molecule has 0 bridgehead atoms. The van der Waals surface area contributed by atoms with Gasteiger partial charge in [0.25, 0.3) is 5.91 Å². The van der Waals surface area contributed by atoms with Crippen LogP contribution in [0.1, 0.15) is 28.8 Å². The van der Waals surface area contributed by atoms with E-state index in [0.717, 1.165) is 18.4 Å². The molecule has 1 fully saturated rings. The number of hydrogen-bond acceptors (Lipinski definition) is 5. The molecule has 166 valence electrons. The van der Waals surface area contributed by atoms with Crippen LogP contribution in [-0.4, -0.2) is 51.3 Å². The SMILES string of the molecule is COC(=O)C(CNC(=O)c1cccc(S(=O)(=O)N2CCCC2)c1)Cc1ccc(F)cc1. The Morgan fingerprint density at radius 1 is 1.13 bits per heavy atom. The van der Waals surface area contributed by atoms with Gasteiger partial charge in [-0.15, -0.1) is 0 Å². The molecule has 7 nitrogen and oxygen atoms in total. The first-order valence-corrected chi connectivity index (χ1v) is 11.5. The summed E-state index contributed by atoms with van der Waals surface area (Å²) in [5.74, 6) is -2.05. The Labute approximate surface area is 181 Å². The van der Waals surface area contributed by atoms with Gasteiger partial charge in [0.15, 0.2) is 0 Å². The minimum Gasteiger partial charge on any atom is -0.469 e. The predicted octanol–water partition coefficient (Wildman–Crippen LogP) is 2.37. The maximum absolute atomic E-state index is 13.1. The summed E-state index contributed by atoms with van der Waals surface area (Å²) in [6, 6.07) is 11.6. The van der Waals surface area contributed by atoms with Gasteiger partial charge < -0.3 is 10.1 Å². The normalized spacial score (nSPS) is 15.4. The molecule has 1 aliphatic rings. The van der Waals surface area contributed by atoms with E-state index in [4.69, 9.17) is 4.74 Å². The number of carbonyl (C=O) groups is 2. The summed E-state index contributed by atoms with van der Waals surface area (Å²) >= 11 is 0. The lowest BCUT2D eigenvalue weighted by molar-refractivity contribution is -0.145. The Hall–Kier alpha value is -2.78. The minimum atomic E-state index is -3.64. The van der Waals surface area contributed by atoms with Crippen molar-refractivity contribution in [2.75, 3.05) is 26.7 Å². The molecule has 0 saturated carbocycles. The molecule has 0 aliphatic carbocycles. The van der Waals surface area contributed by atoms with Crippen molar-refractivity contribution in [1.82, 2.24) is 9.62 Å². The van der Waals surface area contributed by atoms with Crippen LogP contribution in [0, 0.1) is 11.7 Å². The zero-order valence-electron chi connectivity index (χ0n) is 17.2. The van der Waals surface area contributed by atoms with Crippen molar-refractivity contribution in [3.63, 3.8) is 0 Å². The number of benzene rings is 2. The second kappa shape index (κ2) is 10.0. The molecule has 9 heteroatoms. The first kappa shape index (κ1) is 22.9. The lowest BCUT2D eigenvalue weighted by Crippen LogP contribution is -2.35. The molecule has 3 rings (SSSR count). The maximum Gasteiger partial charge on any atom is 0.310 e. The largest absolute Gasteiger partial charge is 0.469 e. The average Bonchev–Trinajstić information content (AvgIpc) is 3.33. The first-order chi connectivity index (χ1) is 14.8. The number of halogens is 1. The molecule has 1 saturated heterocycles. The topological polar surface area (TPSA) is 92.8 Å². The zero-order valence-corrected chi connectivity index (χ0v) is 18.0. The van der Waals surface area contributed by atoms with E-state index < -0.39 is 27.8 Å². The van der Waals surface area contributed by atoms with Gasteiger partial charge in [0.1, 0.15) is 5.82 Å². The summed E-state index contributed by atoms with van der Waals surface area (Å²) in [7, 11) is -2.38. The van der Waals surface area contributed by atoms with Gasteiger partial charge in [-0.2, -0.15) is 4.31 Å². The lowest BCUT2D eigenvalue weighted by Gasteiger charge is -2.17. The van der Waals surface area contributed by atoms with Crippen LogP contribution in [0.3, 0.4) is 0 Å². The van der Waals surface area contributed by atoms with Crippen molar-refractivity contribution in [2.45, 2.75) is 24.2 Å². The summed E-state index contributed by atoms with van der Waals surface area (Å²) in [4.78, 5) is 24.8. The molecule has 1 heterocycles. The number of carbonyl (C=O) groups excluding carboxylic acids is 2. The van der Waals surface area contributed by atoms with Crippen LogP contribution in [0.2, 0.25) is 0 Å². The fourth-order valence-electron chi connectivity index (χ4n) is 3.50. The van der Waals surface area contributed by atoms with Gasteiger partial charge >= 0.3 is 5.97 Å². The number of rotatable bonds is 8. The summed E-state index contributed by atoms with van der Waals surface area (Å²) in [6.45, 7) is 0.942. The summed E-state index contributed by atoms with van der Waals surface area (Å²) in [6.07, 6.45) is 1.90. The van der Waals surface area contributed by atoms with Gasteiger partial charge in [-0.1, -0.05) is 18.2 Å². The molecular weight excluding hydrogens is 423 g/mol. The van der Waals surface area contributed by atoms with Gasteiger partial charge in [-0.25, -0.2) is 12.8 Å². The molecule has 0 radical (unpaired) electrons. The van der Waals surface area contributed by atoms with E-state index in [2.05, 4.69) is 5.32 Å². The Balaban J connectivity index is 1.69. The second-order valence-electron chi connectivity index (χ2n) is 7.40. The van der Waals surface area contributed by atoms with Gasteiger partial charge in [0, 0.05) is 25.2 Å². The minimum absolute atomic E-state index is 0.00795. The third-order valence-corrected chi connectivity index (χ3v) is 7.13. The highest BCUT2D eigenvalue weighted by Crippen LogP contribution is 2.21. The van der Waals surface area contributed by atoms with Crippen molar-refractivity contribution < 1.29 is 27.1 Å². The van der Waals surface area contributed by atoms with Gasteiger partial charge in [-0.3, -0.25) is 9.59 Å². The van der Waals surface area contributed by atoms with Crippen molar-refractivity contribution >= 4 is 21.9 Å². The van der Waals surface area contributed by atoms with E-state index in [0.29, 0.717) is 13.1 Å². The summed E-state index contributed by atoms with van der Waals surface area (Å²) in [5, 5.41) is 2.67. The Morgan fingerprint density at radius 3 is 2.45 bits per heavy atom. The van der Waals surface area contributed by atoms with Crippen LogP contribution in [0.5, 0.6) is 0 Å². The number of sulfonamides is 1. The summed E-state index contributed by atoms with van der Waals surface area (Å²) in [5.41, 5.74) is 0.912. The van der Waals surface area contributed by atoms with Crippen LogP contribution < -0.4 is 5.32 Å². The van der Waals surface area contributed by atoms with E-state index in [9.17, 15) is 22.4 Å². The number of nitrogens with zero attached hydrogens (tertiary/aromatic N) is 1. The van der Waals surface area contributed by atoms with Crippen LogP contribution >= 0.6 is 0 Å². The van der Waals surface area contributed by atoms with E-state index in [1.165, 1.54) is 47.8 Å². The highest BCUT2D eigenvalue weighted by atomic mass is 32.2. The molecule has 1 unspecified atom stereocenters. The Morgan fingerprint density at radius 2 is 1.81 bits per heavy atom. The standard InChI is InChI=1S/C22H25FN2O5S/c1-30-22(27)18(13-16-7-9-19(23)10-8-16)15-24-21(26)17-5-4-6-20(14-17)31(28,29)25-11-2-3-12-25/h4-10,14,18H,2-3,11-13,15H2,1H3,(H,24,26). The van der Waals surface area contributed by atoms with Gasteiger partial charge in [0.05, 0.1) is 17.9 Å². The Bertz CT molecular complexity index is 1030. The fraction of sp³-hybridized carbons (Fsp3) is 0.364. The lowest BCUT2D eigenvalue weighted by atomic mass is 9.99. The molecule has 1 aliphatic heterocycles. The van der Waals surface area contributed by atoms with E-state index in [1.54, 1.807) is 12.1 Å². The molecule has 2 aromatic carbocycles. The van der Waals surface area contributed by atoms with Crippen molar-refractivity contribution in [2.24, 2.45) is 5.92 Å². The Kier molecular flexibility index (Phi) is 7.40. The van der Waals surface area contributed by atoms with Crippen LogP contribution in [0.15, 0.2) is 53.4 Å². The first-order valence-electron chi connectivity index (χ1n) is 10.0. The van der Waals surface area contributed by atoms with Crippen molar-refractivity contribution in [3.8, 4) is 0 Å². The van der Waals surface area contributed by atoms with E-state index in [1.807, 2.05) is 0 Å². The molecule has 1 amide bonds. The predicted molar refractivity (Wildman–Crippen MR) is 112 cm³/mol. The second-order valence-corrected chi connectivity index (χ2v) is 9.34. The number of hydrogen-bond donors (Lipinski definition) is 1. The van der Waals surface area contributed by atoms with E-state index >= 15 is 0 Å². The molecule has 2 aromatic rings. The molecule has 1 N–H and O–H groups in total. The number of esters is 1. The monoisotopic (exact) mass is 448 g/mol. The van der Waals surface area contributed by atoms with Crippen LogP contribution in [-0.2, 0) is 26.0 Å². The maximum atomic E-state index is 13.1. The molecule has 31 heavy (non-hydrogen) atoms. The van der Waals surface area contributed by atoms with Gasteiger partial charge in [0.2, 0.25) is 10.0 Å². The quantitative estimate of drug-likeness (QED) is 0.626. The molecule has 0 aromatic heterocycles. The smallest absolute Gasteiger partial charge is 0.310 e. The fourth-order valence-corrected chi connectivity index (χ4v) is 5.07. The highest BCUT2D eigenvalue weighted by Gasteiger charge is 2.28. The third kappa shape index (κ3) is 5.68. The van der Waals surface area contributed by atoms with Crippen LogP contribution in [0.4, 0.5) is 4.39 Å². The molecule has 1 atom stereocenters. The molecule has 0 spiro atoms. The van der Waals surface area contributed by atoms with Crippen molar-refractivity contribution in [3.05, 3.63) is 65.5 Å². The van der Waals surface area contributed by atoms with E-state index in [-0.39, 0.29) is 29.2 Å². The number of amides is 1. The van der Waals surface area contributed by atoms with Crippen molar-refractivity contribution in [1.29, 1.82) is 0 Å². The van der Waals surface area contributed by atoms with Crippen LogP contribution in [0.25, 0.3) is 0 Å². The number of ether oxygens (including phenoxy) is 1. The number of nitrogens with one attached hydrogen (secondary N) is 1. The third-order valence-electron chi connectivity index (χ3n) is 5.24.